The third-order valence-electron chi connectivity index (χ3n) is 2.48. The van der Waals surface area contributed by atoms with Crippen molar-refractivity contribution in [3.63, 3.8) is 0 Å². The molecule has 5 nitrogen and oxygen atoms in total. The summed E-state index contributed by atoms with van der Waals surface area (Å²) < 4.78 is 18.2. The molecule has 1 amide bonds. The molecule has 6 heteroatoms. The van der Waals surface area contributed by atoms with E-state index in [4.69, 9.17) is 4.74 Å². The number of nitrogens with one attached hydrogen (secondary N) is 2. The van der Waals surface area contributed by atoms with Gasteiger partial charge in [0.05, 0.1) is 7.11 Å². The van der Waals surface area contributed by atoms with Crippen molar-refractivity contribution in [2.75, 3.05) is 12.4 Å². The van der Waals surface area contributed by atoms with Gasteiger partial charge in [-0.2, -0.15) is 0 Å². The Morgan fingerprint density at radius 3 is 2.79 bits per heavy atom. The Morgan fingerprint density at radius 1 is 1.37 bits per heavy atom. The van der Waals surface area contributed by atoms with Gasteiger partial charge in [-0.25, -0.2) is 4.39 Å². The molecule has 0 spiro atoms. The van der Waals surface area contributed by atoms with Gasteiger partial charge in [0.2, 0.25) is 0 Å². The number of halogens is 1. The fourth-order valence-electron chi connectivity index (χ4n) is 1.54. The lowest BCUT2D eigenvalue weighted by atomic mass is 10.2. The summed E-state index contributed by atoms with van der Waals surface area (Å²) in [5.74, 6) is -1.12. The molecule has 19 heavy (non-hydrogen) atoms. The number of benzene rings is 1. The van der Waals surface area contributed by atoms with Crippen LogP contribution in [-0.2, 0) is 0 Å². The second-order valence-electron chi connectivity index (χ2n) is 3.73. The molecule has 1 heterocycles. The van der Waals surface area contributed by atoms with E-state index in [9.17, 15) is 14.0 Å². The van der Waals surface area contributed by atoms with Gasteiger partial charge >= 0.3 is 0 Å². The van der Waals surface area contributed by atoms with Crippen molar-refractivity contribution in [2.45, 2.75) is 0 Å². The summed E-state index contributed by atoms with van der Waals surface area (Å²) in [6.45, 7) is 0. The fraction of sp³-hybridized carbons (Fsp3) is 0.0769. The van der Waals surface area contributed by atoms with Gasteiger partial charge in [0.25, 0.3) is 5.91 Å². The number of H-pyrrole nitrogens is 1. The summed E-state index contributed by atoms with van der Waals surface area (Å²) in [6, 6.07) is 5.23. The van der Waals surface area contributed by atoms with E-state index in [1.54, 1.807) is 0 Å². The lowest BCUT2D eigenvalue weighted by molar-refractivity contribution is 0.102. The van der Waals surface area contributed by atoms with E-state index < -0.39 is 17.2 Å². The van der Waals surface area contributed by atoms with Crippen molar-refractivity contribution in [1.82, 2.24) is 4.98 Å². The van der Waals surface area contributed by atoms with Crippen LogP contribution in [0.25, 0.3) is 0 Å². The van der Waals surface area contributed by atoms with Crippen LogP contribution in [0.3, 0.4) is 0 Å². The van der Waals surface area contributed by atoms with Crippen molar-refractivity contribution in [2.24, 2.45) is 0 Å². The van der Waals surface area contributed by atoms with E-state index in [0.29, 0.717) is 0 Å². The highest BCUT2D eigenvalue weighted by Crippen LogP contribution is 2.20. The summed E-state index contributed by atoms with van der Waals surface area (Å²) in [5.41, 5.74) is -0.212. The normalized spacial score (nSPS) is 10.0. The lowest BCUT2D eigenvalue weighted by Crippen LogP contribution is -2.20. The van der Waals surface area contributed by atoms with Crippen LogP contribution >= 0.6 is 0 Å². The number of pyridine rings is 1. The predicted molar refractivity (Wildman–Crippen MR) is 68.0 cm³/mol. The molecule has 98 valence electrons. The number of anilines is 1. The van der Waals surface area contributed by atoms with Crippen molar-refractivity contribution in [1.29, 1.82) is 0 Å². The van der Waals surface area contributed by atoms with Crippen LogP contribution in [0, 0.1) is 5.82 Å². The van der Waals surface area contributed by atoms with E-state index in [1.165, 1.54) is 37.7 Å². The molecular weight excluding hydrogens is 251 g/mol. The zero-order chi connectivity index (χ0) is 13.8. The largest absolute Gasteiger partial charge is 0.494 e. The van der Waals surface area contributed by atoms with Crippen LogP contribution in [-0.4, -0.2) is 18.0 Å². The Balaban J connectivity index is 2.22. The molecule has 0 saturated carbocycles. The first-order valence-electron chi connectivity index (χ1n) is 5.44. The molecule has 0 unspecified atom stereocenters. The number of amides is 1. The maximum absolute atomic E-state index is 13.4. The first-order valence-corrected chi connectivity index (χ1v) is 5.44. The third-order valence-corrected chi connectivity index (χ3v) is 2.48. The van der Waals surface area contributed by atoms with Crippen molar-refractivity contribution >= 4 is 11.6 Å². The predicted octanol–water partition coefficient (Wildman–Crippen LogP) is 1.77. The number of aromatic amines is 1. The van der Waals surface area contributed by atoms with Gasteiger partial charge in [0.15, 0.2) is 17.0 Å². The van der Waals surface area contributed by atoms with Gasteiger partial charge in [-0.1, -0.05) is 0 Å². The van der Waals surface area contributed by atoms with Crippen molar-refractivity contribution in [3.05, 3.63) is 58.3 Å². The summed E-state index contributed by atoms with van der Waals surface area (Å²) >= 11 is 0. The summed E-state index contributed by atoms with van der Waals surface area (Å²) in [7, 11) is 1.35. The Labute approximate surface area is 108 Å². The molecule has 2 aromatic rings. The summed E-state index contributed by atoms with van der Waals surface area (Å²) in [4.78, 5) is 25.9. The van der Waals surface area contributed by atoms with Gasteiger partial charge in [0.1, 0.15) is 5.56 Å². The van der Waals surface area contributed by atoms with Gasteiger partial charge in [-0.15, -0.1) is 0 Å². The molecule has 1 aromatic heterocycles. The minimum atomic E-state index is -0.605. The molecule has 1 aromatic carbocycles. The first-order chi connectivity index (χ1) is 9.11. The maximum Gasteiger partial charge on any atom is 0.261 e. The molecule has 0 aliphatic heterocycles. The molecular formula is C13H11FN2O3. The molecule has 0 radical (unpaired) electrons. The first kappa shape index (κ1) is 12.8. The molecule has 0 fully saturated rings. The molecule has 2 rings (SSSR count). The molecule has 2 N–H and O–H groups in total. The average molecular weight is 262 g/mol. The van der Waals surface area contributed by atoms with Gasteiger partial charge in [-0.3, -0.25) is 9.59 Å². The Bertz CT molecular complexity index is 667. The van der Waals surface area contributed by atoms with E-state index >= 15 is 0 Å². The number of aromatic nitrogens is 1. The van der Waals surface area contributed by atoms with E-state index in [2.05, 4.69) is 10.3 Å². The minimum absolute atomic E-state index is 0.0428. The summed E-state index contributed by atoms with van der Waals surface area (Å²) in [6.07, 6.45) is 2.71. The standard InChI is InChI=1S/C13H11FN2O3/c1-19-12-3-2-8(6-10(12)14)16-13(18)9-7-15-5-4-11(9)17/h2-7H,1H3,(H,15,17)(H,16,18). The van der Waals surface area contributed by atoms with Crippen LogP contribution < -0.4 is 15.5 Å². The third kappa shape index (κ3) is 2.79. The lowest BCUT2D eigenvalue weighted by Gasteiger charge is -2.06. The molecule has 0 atom stereocenters. The maximum atomic E-state index is 13.4. The number of ether oxygens (including phenoxy) is 1. The number of hydrogen-bond acceptors (Lipinski definition) is 3. The minimum Gasteiger partial charge on any atom is -0.494 e. The van der Waals surface area contributed by atoms with Crippen LogP contribution in [0.15, 0.2) is 41.5 Å². The van der Waals surface area contributed by atoms with E-state index in [1.807, 2.05) is 0 Å². The van der Waals surface area contributed by atoms with Crippen LogP contribution in [0.1, 0.15) is 10.4 Å². The van der Waals surface area contributed by atoms with Gasteiger partial charge in [-0.05, 0) is 12.1 Å². The molecule has 0 aliphatic rings. The van der Waals surface area contributed by atoms with Crippen molar-refractivity contribution < 1.29 is 13.9 Å². The number of hydrogen-bond donors (Lipinski definition) is 2. The van der Waals surface area contributed by atoms with Gasteiger partial charge < -0.3 is 15.0 Å². The zero-order valence-corrected chi connectivity index (χ0v) is 10.1. The van der Waals surface area contributed by atoms with Crippen LogP contribution in [0.5, 0.6) is 5.75 Å². The topological polar surface area (TPSA) is 71.2 Å². The van der Waals surface area contributed by atoms with E-state index in [0.717, 1.165) is 6.07 Å². The number of methoxy groups -OCH3 is 1. The number of carbonyl (C=O) groups is 1. The van der Waals surface area contributed by atoms with Crippen molar-refractivity contribution in [3.8, 4) is 5.75 Å². The van der Waals surface area contributed by atoms with Crippen LogP contribution in [0.2, 0.25) is 0 Å². The molecule has 0 bridgehead atoms. The highest BCUT2D eigenvalue weighted by molar-refractivity contribution is 6.03. The summed E-state index contributed by atoms with van der Waals surface area (Å²) in [5, 5.41) is 2.44. The number of rotatable bonds is 3. The SMILES string of the molecule is COc1ccc(NC(=O)c2c[nH]ccc2=O)cc1F. The number of carbonyl (C=O) groups excluding carboxylic acids is 1. The van der Waals surface area contributed by atoms with Crippen LogP contribution in [0.4, 0.5) is 10.1 Å². The van der Waals surface area contributed by atoms with E-state index in [-0.39, 0.29) is 17.0 Å². The highest BCUT2D eigenvalue weighted by Gasteiger charge is 2.11. The second kappa shape index (κ2) is 5.34. The molecule has 0 saturated heterocycles. The Kier molecular flexibility index (Phi) is 3.61. The average Bonchev–Trinajstić information content (AvgIpc) is 2.39. The highest BCUT2D eigenvalue weighted by atomic mass is 19.1. The Hall–Kier alpha value is -2.63. The smallest absolute Gasteiger partial charge is 0.261 e. The Morgan fingerprint density at radius 2 is 2.16 bits per heavy atom. The van der Waals surface area contributed by atoms with Gasteiger partial charge in [0, 0.05) is 30.2 Å². The monoisotopic (exact) mass is 262 g/mol. The quantitative estimate of drug-likeness (QED) is 0.885. The fourth-order valence-corrected chi connectivity index (χ4v) is 1.54. The second-order valence-corrected chi connectivity index (χ2v) is 3.73. The molecule has 0 aliphatic carbocycles. The zero-order valence-electron chi connectivity index (χ0n) is 10.1.